The van der Waals surface area contributed by atoms with Crippen molar-refractivity contribution in [3.05, 3.63) is 0 Å². The second-order valence-electron chi connectivity index (χ2n) is 7.29. The molecule has 3 fully saturated rings. The van der Waals surface area contributed by atoms with Gasteiger partial charge in [0.1, 0.15) is 18.3 Å². The number of hydrogen-bond acceptors (Lipinski definition) is 7. The van der Waals surface area contributed by atoms with Gasteiger partial charge in [0.2, 0.25) is 5.79 Å². The summed E-state index contributed by atoms with van der Waals surface area (Å²) in [5.41, 5.74) is 0. The van der Waals surface area contributed by atoms with E-state index in [1.807, 2.05) is 13.8 Å². The Morgan fingerprint density at radius 2 is 1.45 bits per heavy atom. The average molecular weight is 316 g/mol. The first-order chi connectivity index (χ1) is 9.98. The van der Waals surface area contributed by atoms with Crippen molar-refractivity contribution in [1.29, 1.82) is 0 Å². The number of ether oxygens (including phenoxy) is 6. The van der Waals surface area contributed by atoms with Crippen LogP contribution in [0.5, 0.6) is 0 Å². The monoisotopic (exact) mass is 316 g/mol. The van der Waals surface area contributed by atoms with E-state index in [4.69, 9.17) is 28.4 Å². The van der Waals surface area contributed by atoms with E-state index in [1.165, 1.54) is 0 Å². The van der Waals surface area contributed by atoms with Gasteiger partial charge in [-0.15, -0.1) is 0 Å². The Morgan fingerprint density at radius 1 is 0.818 bits per heavy atom. The van der Waals surface area contributed by atoms with Crippen molar-refractivity contribution in [2.75, 3.05) is 6.61 Å². The van der Waals surface area contributed by atoms with E-state index < -0.39 is 41.6 Å². The Hall–Kier alpha value is -0.730. The molecular formula is C15H24O7. The standard InChI is InChI=1S/C15H24O7/c1-13(2)17-7-8(18-13)9-10(20-14(3,4)19-9)11-12(16)22-15(5,6)21-11/h8-11H,7H2,1-6H3. The van der Waals surface area contributed by atoms with Crippen LogP contribution in [-0.2, 0) is 33.2 Å². The minimum Gasteiger partial charge on any atom is -0.432 e. The zero-order valence-electron chi connectivity index (χ0n) is 13.9. The fraction of sp³-hybridized carbons (Fsp3) is 0.933. The van der Waals surface area contributed by atoms with Gasteiger partial charge < -0.3 is 28.4 Å². The van der Waals surface area contributed by atoms with E-state index in [9.17, 15) is 4.79 Å². The Balaban J connectivity index is 1.81. The number of esters is 1. The molecule has 0 aliphatic carbocycles. The molecule has 3 heterocycles. The zero-order chi connectivity index (χ0) is 16.3. The van der Waals surface area contributed by atoms with Crippen LogP contribution < -0.4 is 0 Å². The molecule has 0 bridgehead atoms. The van der Waals surface area contributed by atoms with Crippen LogP contribution in [0.2, 0.25) is 0 Å². The van der Waals surface area contributed by atoms with Crippen LogP contribution in [0.15, 0.2) is 0 Å². The summed E-state index contributed by atoms with van der Waals surface area (Å²) < 4.78 is 34.3. The van der Waals surface area contributed by atoms with Crippen molar-refractivity contribution < 1.29 is 33.2 Å². The van der Waals surface area contributed by atoms with Gasteiger partial charge in [-0.25, -0.2) is 4.79 Å². The van der Waals surface area contributed by atoms with Crippen LogP contribution in [0.1, 0.15) is 41.5 Å². The summed E-state index contributed by atoms with van der Waals surface area (Å²) >= 11 is 0. The van der Waals surface area contributed by atoms with Crippen molar-refractivity contribution in [2.24, 2.45) is 0 Å². The summed E-state index contributed by atoms with van der Waals surface area (Å²) in [6.45, 7) is 11.0. The van der Waals surface area contributed by atoms with Gasteiger partial charge in [0.05, 0.1) is 6.61 Å². The van der Waals surface area contributed by atoms with Crippen molar-refractivity contribution in [2.45, 2.75) is 83.3 Å². The highest BCUT2D eigenvalue weighted by molar-refractivity contribution is 5.77. The summed E-state index contributed by atoms with van der Waals surface area (Å²) in [6.07, 6.45) is -2.24. The van der Waals surface area contributed by atoms with Crippen LogP contribution in [0.3, 0.4) is 0 Å². The SMILES string of the molecule is CC1(C)OCC(C2OC(C)(C)OC2C2OC(C)(C)OC2=O)O1. The first-order valence-electron chi connectivity index (χ1n) is 7.56. The van der Waals surface area contributed by atoms with E-state index >= 15 is 0 Å². The fourth-order valence-corrected chi connectivity index (χ4v) is 3.10. The van der Waals surface area contributed by atoms with Crippen molar-refractivity contribution in [3.8, 4) is 0 Å². The van der Waals surface area contributed by atoms with Crippen molar-refractivity contribution in [1.82, 2.24) is 0 Å². The van der Waals surface area contributed by atoms with Crippen LogP contribution in [0.25, 0.3) is 0 Å². The molecule has 3 aliphatic heterocycles. The summed E-state index contributed by atoms with van der Waals surface area (Å²) in [5, 5.41) is 0. The number of carbonyl (C=O) groups is 1. The van der Waals surface area contributed by atoms with Gasteiger partial charge in [0.25, 0.3) is 0 Å². The van der Waals surface area contributed by atoms with Gasteiger partial charge in [-0.05, 0) is 27.7 Å². The first-order valence-corrected chi connectivity index (χ1v) is 7.56. The normalized spacial score (nSPS) is 42.5. The lowest BCUT2D eigenvalue weighted by atomic mass is 10.0. The largest absolute Gasteiger partial charge is 0.432 e. The van der Waals surface area contributed by atoms with E-state index in [0.717, 1.165) is 0 Å². The van der Waals surface area contributed by atoms with Gasteiger partial charge in [0.15, 0.2) is 17.7 Å². The topological polar surface area (TPSA) is 72.5 Å². The lowest BCUT2D eigenvalue weighted by molar-refractivity contribution is -0.178. The molecule has 3 saturated heterocycles. The molecule has 0 spiro atoms. The molecule has 22 heavy (non-hydrogen) atoms. The van der Waals surface area contributed by atoms with E-state index in [0.29, 0.717) is 6.61 Å². The second kappa shape index (κ2) is 4.88. The number of carbonyl (C=O) groups excluding carboxylic acids is 1. The highest BCUT2D eigenvalue weighted by atomic mass is 16.8. The van der Waals surface area contributed by atoms with Crippen LogP contribution in [0, 0.1) is 0 Å². The third-order valence-corrected chi connectivity index (χ3v) is 3.85. The third kappa shape index (κ3) is 3.00. The molecule has 3 rings (SSSR count). The van der Waals surface area contributed by atoms with Gasteiger partial charge in [0, 0.05) is 13.8 Å². The molecule has 0 aromatic carbocycles. The molecule has 0 N–H and O–H groups in total. The summed E-state index contributed by atoms with van der Waals surface area (Å²) in [4.78, 5) is 12.1. The lowest BCUT2D eigenvalue weighted by Gasteiger charge is -2.25. The van der Waals surface area contributed by atoms with E-state index in [1.54, 1.807) is 27.7 Å². The molecule has 0 amide bonds. The number of hydrogen-bond donors (Lipinski definition) is 0. The van der Waals surface area contributed by atoms with Crippen LogP contribution >= 0.6 is 0 Å². The van der Waals surface area contributed by atoms with Gasteiger partial charge in [-0.3, -0.25) is 0 Å². The van der Waals surface area contributed by atoms with Crippen molar-refractivity contribution in [3.63, 3.8) is 0 Å². The molecule has 0 saturated carbocycles. The molecule has 0 aromatic rings. The third-order valence-electron chi connectivity index (χ3n) is 3.85. The van der Waals surface area contributed by atoms with Crippen LogP contribution in [0.4, 0.5) is 0 Å². The molecule has 126 valence electrons. The first kappa shape index (κ1) is 16.1. The van der Waals surface area contributed by atoms with Gasteiger partial charge in [-0.2, -0.15) is 0 Å². The Bertz CT molecular complexity index is 471. The fourth-order valence-electron chi connectivity index (χ4n) is 3.10. The molecule has 0 radical (unpaired) electrons. The molecule has 0 aromatic heterocycles. The summed E-state index contributed by atoms with van der Waals surface area (Å²) in [6, 6.07) is 0. The van der Waals surface area contributed by atoms with Gasteiger partial charge in [-0.1, -0.05) is 0 Å². The maximum absolute atomic E-state index is 12.1. The molecule has 7 heteroatoms. The predicted molar refractivity (Wildman–Crippen MR) is 73.8 cm³/mol. The summed E-state index contributed by atoms with van der Waals surface area (Å²) in [7, 11) is 0. The Kier molecular flexibility index (Phi) is 3.58. The molecule has 4 unspecified atom stereocenters. The maximum Gasteiger partial charge on any atom is 0.340 e. The smallest absolute Gasteiger partial charge is 0.340 e. The summed E-state index contributed by atoms with van der Waals surface area (Å²) in [5.74, 6) is -2.92. The number of cyclic esters (lactones) is 1. The molecule has 7 nitrogen and oxygen atoms in total. The van der Waals surface area contributed by atoms with Crippen LogP contribution in [-0.4, -0.2) is 54.4 Å². The Labute approximate surface area is 130 Å². The average Bonchev–Trinajstić information content (AvgIpc) is 2.93. The second-order valence-corrected chi connectivity index (χ2v) is 7.29. The highest BCUT2D eigenvalue weighted by Gasteiger charge is 2.57. The maximum atomic E-state index is 12.1. The highest BCUT2D eigenvalue weighted by Crippen LogP contribution is 2.40. The zero-order valence-corrected chi connectivity index (χ0v) is 13.9. The molecule has 4 atom stereocenters. The predicted octanol–water partition coefficient (Wildman–Crippen LogP) is 1.34. The minimum atomic E-state index is -0.964. The molecule has 3 aliphatic rings. The quantitative estimate of drug-likeness (QED) is 0.712. The van der Waals surface area contributed by atoms with E-state index in [2.05, 4.69) is 0 Å². The van der Waals surface area contributed by atoms with Crippen molar-refractivity contribution >= 4 is 5.97 Å². The minimum absolute atomic E-state index is 0.332. The number of rotatable bonds is 2. The van der Waals surface area contributed by atoms with E-state index in [-0.39, 0.29) is 6.10 Å². The Morgan fingerprint density at radius 3 is 1.95 bits per heavy atom. The molecular weight excluding hydrogens is 292 g/mol. The van der Waals surface area contributed by atoms with Gasteiger partial charge >= 0.3 is 5.97 Å². The lowest BCUT2D eigenvalue weighted by Crippen LogP contribution is -2.46.